The maximum absolute atomic E-state index is 9.92. The van der Waals surface area contributed by atoms with Crippen molar-refractivity contribution in [2.45, 2.75) is 33.4 Å². The Labute approximate surface area is 161 Å². The molecule has 27 heavy (non-hydrogen) atoms. The van der Waals surface area contributed by atoms with Gasteiger partial charge in [0, 0.05) is 12.1 Å². The van der Waals surface area contributed by atoms with Gasteiger partial charge >= 0.3 is 0 Å². The smallest absolute Gasteiger partial charge is 0.192 e. The lowest BCUT2D eigenvalue weighted by atomic mass is 10.0. The summed E-state index contributed by atoms with van der Waals surface area (Å²) in [5.41, 5.74) is 3.14. The number of hydrogen-bond acceptors (Lipinski definition) is 4. The number of nitrogens with one attached hydrogen (secondary N) is 2. The Bertz CT molecular complexity index is 790. The molecule has 0 fully saturated rings. The summed E-state index contributed by atoms with van der Waals surface area (Å²) in [6.07, 6.45) is 0. The molecule has 1 atom stereocenters. The van der Waals surface area contributed by atoms with E-state index in [1.165, 1.54) is 12.7 Å². The Morgan fingerprint density at radius 1 is 1.11 bits per heavy atom. The fourth-order valence-corrected chi connectivity index (χ4v) is 2.80. The van der Waals surface area contributed by atoms with Crippen LogP contribution in [0.5, 0.6) is 17.2 Å². The number of rotatable bonds is 7. The molecule has 0 heterocycles. The third-order valence-electron chi connectivity index (χ3n) is 4.21. The van der Waals surface area contributed by atoms with Gasteiger partial charge < -0.3 is 25.2 Å². The first kappa shape index (κ1) is 20.4. The largest absolute Gasteiger partial charge is 0.504 e. The van der Waals surface area contributed by atoms with E-state index in [2.05, 4.69) is 35.5 Å². The number of nitrogens with zero attached hydrogens (tertiary/aromatic N) is 1. The Kier molecular flexibility index (Phi) is 7.34. The first-order chi connectivity index (χ1) is 13.0. The normalized spacial score (nSPS) is 12.4. The van der Waals surface area contributed by atoms with E-state index in [0.29, 0.717) is 18.3 Å². The van der Waals surface area contributed by atoms with Crippen molar-refractivity contribution >= 4 is 5.96 Å². The van der Waals surface area contributed by atoms with Crippen LogP contribution in [0.2, 0.25) is 0 Å². The van der Waals surface area contributed by atoms with Crippen LogP contribution in [-0.4, -0.2) is 31.8 Å². The van der Waals surface area contributed by atoms with Crippen molar-refractivity contribution in [2.24, 2.45) is 4.99 Å². The summed E-state index contributed by atoms with van der Waals surface area (Å²) in [5, 5.41) is 16.6. The highest BCUT2D eigenvalue weighted by molar-refractivity contribution is 5.80. The number of aliphatic imine (C=N–C) groups is 1. The summed E-state index contributed by atoms with van der Waals surface area (Å²) in [6, 6.07) is 11.4. The molecule has 0 spiro atoms. The lowest BCUT2D eigenvalue weighted by molar-refractivity contribution is 0.373. The topological polar surface area (TPSA) is 75.1 Å². The van der Waals surface area contributed by atoms with Crippen molar-refractivity contribution in [2.75, 3.05) is 20.8 Å². The summed E-state index contributed by atoms with van der Waals surface area (Å²) in [6.45, 7) is 7.34. The van der Waals surface area contributed by atoms with Gasteiger partial charge in [0.1, 0.15) is 5.75 Å². The molecule has 0 amide bonds. The van der Waals surface area contributed by atoms with Gasteiger partial charge in [-0.15, -0.1) is 0 Å². The number of methoxy groups -OCH3 is 2. The minimum absolute atomic E-state index is 0.0157. The number of aromatic hydroxyl groups is 1. The molecule has 2 aromatic rings. The number of aryl methyl sites for hydroxylation is 1. The van der Waals surface area contributed by atoms with Crippen LogP contribution in [0.25, 0.3) is 0 Å². The molecule has 2 rings (SSSR count). The van der Waals surface area contributed by atoms with Crippen molar-refractivity contribution in [1.29, 1.82) is 0 Å². The van der Waals surface area contributed by atoms with Crippen LogP contribution in [0.3, 0.4) is 0 Å². The highest BCUT2D eigenvalue weighted by atomic mass is 16.5. The molecule has 0 radical (unpaired) electrons. The maximum atomic E-state index is 9.92. The molecular formula is C21H29N3O3. The van der Waals surface area contributed by atoms with E-state index in [9.17, 15) is 5.11 Å². The van der Waals surface area contributed by atoms with Crippen molar-refractivity contribution in [3.05, 3.63) is 53.1 Å². The van der Waals surface area contributed by atoms with E-state index in [-0.39, 0.29) is 11.8 Å². The third kappa shape index (κ3) is 5.54. The first-order valence-electron chi connectivity index (χ1n) is 9.03. The van der Waals surface area contributed by atoms with Crippen LogP contribution in [-0.2, 0) is 6.54 Å². The average molecular weight is 371 g/mol. The van der Waals surface area contributed by atoms with Crippen LogP contribution >= 0.6 is 0 Å². The lowest BCUT2D eigenvalue weighted by Gasteiger charge is -2.20. The minimum Gasteiger partial charge on any atom is -0.504 e. The predicted molar refractivity (Wildman–Crippen MR) is 109 cm³/mol. The van der Waals surface area contributed by atoms with Crippen molar-refractivity contribution < 1.29 is 14.6 Å². The van der Waals surface area contributed by atoms with Gasteiger partial charge in [0.05, 0.1) is 26.8 Å². The summed E-state index contributed by atoms with van der Waals surface area (Å²) in [7, 11) is 3.21. The van der Waals surface area contributed by atoms with Crippen molar-refractivity contribution in [3.8, 4) is 17.2 Å². The van der Waals surface area contributed by atoms with Gasteiger partial charge in [0.15, 0.2) is 17.5 Å². The Morgan fingerprint density at radius 3 is 2.44 bits per heavy atom. The van der Waals surface area contributed by atoms with Crippen LogP contribution in [0.1, 0.15) is 36.6 Å². The number of phenols is 1. The van der Waals surface area contributed by atoms with E-state index in [1.807, 2.05) is 25.1 Å². The van der Waals surface area contributed by atoms with Gasteiger partial charge in [0.25, 0.3) is 0 Å². The highest BCUT2D eigenvalue weighted by Gasteiger charge is 2.13. The molecule has 6 nitrogen and oxygen atoms in total. The quantitative estimate of drug-likeness (QED) is 0.513. The summed E-state index contributed by atoms with van der Waals surface area (Å²) in [5.74, 6) is 2.11. The molecule has 0 aromatic heterocycles. The summed E-state index contributed by atoms with van der Waals surface area (Å²) >= 11 is 0. The molecule has 0 bridgehead atoms. The van der Waals surface area contributed by atoms with Crippen LogP contribution in [0.15, 0.2) is 41.4 Å². The fourth-order valence-electron chi connectivity index (χ4n) is 2.80. The van der Waals surface area contributed by atoms with Gasteiger partial charge in [-0.2, -0.15) is 0 Å². The molecule has 6 heteroatoms. The van der Waals surface area contributed by atoms with Crippen LogP contribution in [0, 0.1) is 6.92 Å². The second-order valence-corrected chi connectivity index (χ2v) is 6.31. The minimum atomic E-state index is 0.0157. The van der Waals surface area contributed by atoms with E-state index in [4.69, 9.17) is 9.47 Å². The monoisotopic (exact) mass is 371 g/mol. The molecule has 0 aliphatic heterocycles. The third-order valence-corrected chi connectivity index (χ3v) is 4.21. The Morgan fingerprint density at radius 2 is 1.81 bits per heavy atom. The number of hydrogen-bond donors (Lipinski definition) is 3. The predicted octanol–water partition coefficient (Wildman–Crippen LogP) is 3.53. The Hall–Kier alpha value is -2.89. The fraction of sp³-hybridized carbons (Fsp3) is 0.381. The van der Waals surface area contributed by atoms with E-state index >= 15 is 0 Å². The molecule has 0 aliphatic carbocycles. The number of phenolic OH excluding ortho intramolecular Hbond substituents is 1. The number of ether oxygens (including phenoxy) is 2. The average Bonchev–Trinajstić information content (AvgIpc) is 2.66. The molecule has 0 aliphatic rings. The molecule has 1 unspecified atom stereocenters. The number of benzene rings is 2. The zero-order valence-electron chi connectivity index (χ0n) is 16.7. The van der Waals surface area contributed by atoms with Gasteiger partial charge in [-0.3, -0.25) is 0 Å². The standard InChI is InChI=1S/C21H29N3O3/c1-6-22-21(23-13-16-8-10-20(27-5)18(25)12-16)24-15(3)17-11-14(2)7-9-19(17)26-4/h7-12,15,25H,6,13H2,1-5H3,(H2,22,23,24). The zero-order valence-corrected chi connectivity index (χ0v) is 16.7. The molecule has 2 aromatic carbocycles. The van der Waals surface area contributed by atoms with E-state index in [1.54, 1.807) is 19.2 Å². The second kappa shape index (κ2) is 9.71. The van der Waals surface area contributed by atoms with Gasteiger partial charge in [-0.25, -0.2) is 4.99 Å². The molecule has 146 valence electrons. The zero-order chi connectivity index (χ0) is 19.8. The second-order valence-electron chi connectivity index (χ2n) is 6.31. The molecule has 0 saturated carbocycles. The maximum Gasteiger partial charge on any atom is 0.192 e. The summed E-state index contributed by atoms with van der Waals surface area (Å²) in [4.78, 5) is 4.63. The van der Waals surface area contributed by atoms with Crippen molar-refractivity contribution in [1.82, 2.24) is 10.6 Å². The van der Waals surface area contributed by atoms with Gasteiger partial charge in [-0.1, -0.05) is 23.8 Å². The summed E-state index contributed by atoms with van der Waals surface area (Å²) < 4.78 is 10.6. The number of guanidine groups is 1. The van der Waals surface area contributed by atoms with Gasteiger partial charge in [0.2, 0.25) is 0 Å². The highest BCUT2D eigenvalue weighted by Crippen LogP contribution is 2.27. The lowest BCUT2D eigenvalue weighted by Crippen LogP contribution is -2.38. The molecule has 3 N–H and O–H groups in total. The Balaban J connectivity index is 2.15. The van der Waals surface area contributed by atoms with E-state index < -0.39 is 0 Å². The van der Waals surface area contributed by atoms with Crippen molar-refractivity contribution in [3.63, 3.8) is 0 Å². The first-order valence-corrected chi connectivity index (χ1v) is 9.03. The van der Waals surface area contributed by atoms with E-state index in [0.717, 1.165) is 23.4 Å². The SMILES string of the molecule is CCNC(=NCc1ccc(OC)c(O)c1)NC(C)c1cc(C)ccc1OC. The van der Waals surface area contributed by atoms with Crippen LogP contribution < -0.4 is 20.1 Å². The van der Waals surface area contributed by atoms with Crippen LogP contribution in [0.4, 0.5) is 0 Å². The molecular weight excluding hydrogens is 342 g/mol. The van der Waals surface area contributed by atoms with Gasteiger partial charge in [-0.05, 0) is 44.5 Å². The molecule has 0 saturated heterocycles.